The first-order valence-electron chi connectivity index (χ1n) is 7.20. The van der Waals surface area contributed by atoms with Crippen molar-refractivity contribution in [2.24, 2.45) is 0 Å². The molecule has 1 atom stereocenters. The van der Waals surface area contributed by atoms with E-state index in [0.717, 1.165) is 6.42 Å². The molecule has 1 aliphatic heterocycles. The lowest BCUT2D eigenvalue weighted by atomic mass is 10.1. The first-order valence-corrected chi connectivity index (χ1v) is 7.20. The van der Waals surface area contributed by atoms with Crippen molar-refractivity contribution in [2.45, 2.75) is 18.9 Å². The minimum atomic E-state index is -1.06. The van der Waals surface area contributed by atoms with Gasteiger partial charge in [0.15, 0.2) is 0 Å². The number of nitrogens with one attached hydrogen (secondary N) is 1. The van der Waals surface area contributed by atoms with Crippen LogP contribution in [-0.2, 0) is 4.79 Å². The van der Waals surface area contributed by atoms with E-state index < -0.39 is 5.97 Å². The number of hydrogen-bond donors (Lipinski definition) is 2. The van der Waals surface area contributed by atoms with Crippen molar-refractivity contribution < 1.29 is 24.2 Å². The second kappa shape index (κ2) is 6.12. The van der Waals surface area contributed by atoms with E-state index in [1.807, 2.05) is 0 Å². The highest BCUT2D eigenvalue weighted by Crippen LogP contribution is 2.31. The van der Waals surface area contributed by atoms with Crippen LogP contribution in [0.3, 0.4) is 0 Å². The molecule has 120 valence electrons. The number of aromatic carboxylic acids is 1. The van der Waals surface area contributed by atoms with Gasteiger partial charge in [-0.05, 0) is 30.0 Å². The molecule has 2 heterocycles. The summed E-state index contributed by atoms with van der Waals surface area (Å²) < 4.78 is 10.9. The second-order valence-electron chi connectivity index (χ2n) is 5.31. The van der Waals surface area contributed by atoms with Gasteiger partial charge in [0.2, 0.25) is 11.8 Å². The molecule has 23 heavy (non-hydrogen) atoms. The number of amides is 1. The zero-order valence-corrected chi connectivity index (χ0v) is 12.5. The van der Waals surface area contributed by atoms with Crippen LogP contribution in [0.5, 0.6) is 11.6 Å². The van der Waals surface area contributed by atoms with Gasteiger partial charge in [-0.2, -0.15) is 0 Å². The lowest BCUT2D eigenvalue weighted by Crippen LogP contribution is -2.31. The third-order valence-electron chi connectivity index (χ3n) is 3.78. The van der Waals surface area contributed by atoms with Crippen LogP contribution in [0.1, 0.15) is 23.2 Å². The molecule has 1 aliphatic rings. The average Bonchev–Trinajstić information content (AvgIpc) is 2.96. The fourth-order valence-electron chi connectivity index (χ4n) is 2.61. The zero-order valence-electron chi connectivity index (χ0n) is 12.5. The molecule has 2 aromatic rings. The molecule has 0 bridgehead atoms. The van der Waals surface area contributed by atoms with Gasteiger partial charge in [0.05, 0.1) is 13.2 Å². The monoisotopic (exact) mass is 316 g/mol. The summed E-state index contributed by atoms with van der Waals surface area (Å²) in [5.41, 5.74) is 0.0835. The van der Waals surface area contributed by atoms with Crippen molar-refractivity contribution in [3.8, 4) is 11.6 Å². The van der Waals surface area contributed by atoms with Crippen molar-refractivity contribution in [3.05, 3.63) is 30.0 Å². The number of methoxy groups -OCH3 is 1. The molecule has 1 saturated heterocycles. The molecule has 0 radical (unpaired) electrons. The predicted octanol–water partition coefficient (Wildman–Crippen LogP) is 1.60. The van der Waals surface area contributed by atoms with E-state index >= 15 is 0 Å². The van der Waals surface area contributed by atoms with E-state index in [0.29, 0.717) is 29.7 Å². The number of hydrogen-bond acceptors (Lipinski definition) is 5. The van der Waals surface area contributed by atoms with Crippen LogP contribution >= 0.6 is 0 Å². The molecule has 1 aromatic carbocycles. The Bertz CT molecular complexity index is 774. The second-order valence-corrected chi connectivity index (χ2v) is 5.31. The number of fused-ring (bicyclic) bond motifs is 1. The number of pyridine rings is 1. The van der Waals surface area contributed by atoms with Crippen molar-refractivity contribution >= 4 is 22.6 Å². The summed E-state index contributed by atoms with van der Waals surface area (Å²) >= 11 is 0. The molecule has 1 fully saturated rings. The van der Waals surface area contributed by atoms with Gasteiger partial charge in [-0.15, -0.1) is 0 Å². The third-order valence-corrected chi connectivity index (χ3v) is 3.78. The van der Waals surface area contributed by atoms with E-state index in [-0.39, 0.29) is 23.3 Å². The smallest absolute Gasteiger partial charge is 0.339 e. The van der Waals surface area contributed by atoms with Crippen molar-refractivity contribution in [3.63, 3.8) is 0 Å². The summed E-state index contributed by atoms with van der Waals surface area (Å²) in [4.78, 5) is 26.7. The van der Waals surface area contributed by atoms with Gasteiger partial charge in [0, 0.05) is 18.0 Å². The third kappa shape index (κ3) is 3.03. The van der Waals surface area contributed by atoms with Crippen LogP contribution in [0.4, 0.5) is 0 Å². The Labute approximate surface area is 132 Å². The summed E-state index contributed by atoms with van der Waals surface area (Å²) in [6, 6.07) is 4.82. The topological polar surface area (TPSA) is 97.8 Å². The predicted molar refractivity (Wildman–Crippen MR) is 81.9 cm³/mol. The molecule has 0 spiro atoms. The van der Waals surface area contributed by atoms with E-state index in [1.165, 1.54) is 13.2 Å². The fraction of sp³-hybridized carbons (Fsp3) is 0.312. The van der Waals surface area contributed by atoms with Crippen molar-refractivity contribution in [2.75, 3.05) is 13.7 Å². The molecular weight excluding hydrogens is 300 g/mol. The Kier molecular flexibility index (Phi) is 4.01. The Balaban J connectivity index is 1.91. The van der Waals surface area contributed by atoms with Gasteiger partial charge in [-0.3, -0.25) is 4.79 Å². The molecule has 0 saturated carbocycles. The maximum absolute atomic E-state index is 11.3. The van der Waals surface area contributed by atoms with E-state index in [2.05, 4.69) is 10.3 Å². The van der Waals surface area contributed by atoms with Crippen LogP contribution in [0.15, 0.2) is 24.4 Å². The van der Waals surface area contributed by atoms with Gasteiger partial charge in [-0.25, -0.2) is 9.78 Å². The highest BCUT2D eigenvalue weighted by molar-refractivity contribution is 5.99. The van der Waals surface area contributed by atoms with Crippen molar-refractivity contribution in [1.29, 1.82) is 0 Å². The molecule has 1 amide bonds. The summed E-state index contributed by atoms with van der Waals surface area (Å²) in [5.74, 6) is -0.398. The maximum atomic E-state index is 11.3. The Morgan fingerprint density at radius 2 is 2.30 bits per heavy atom. The van der Waals surface area contributed by atoms with E-state index in [1.54, 1.807) is 18.3 Å². The van der Waals surface area contributed by atoms with Gasteiger partial charge < -0.3 is 19.9 Å². The van der Waals surface area contributed by atoms with Gasteiger partial charge in [0.25, 0.3) is 0 Å². The number of aromatic nitrogens is 1. The molecule has 1 aromatic heterocycles. The number of nitrogens with zero attached hydrogens (tertiary/aromatic N) is 1. The molecule has 7 nitrogen and oxygen atoms in total. The SMILES string of the molecule is COc1cc2c(OCC3CCC(=O)N3)nccc2cc1C(=O)O. The van der Waals surface area contributed by atoms with Gasteiger partial charge >= 0.3 is 5.97 Å². The largest absolute Gasteiger partial charge is 0.496 e. The summed E-state index contributed by atoms with van der Waals surface area (Å²) in [7, 11) is 1.42. The summed E-state index contributed by atoms with van der Waals surface area (Å²) in [6.45, 7) is 0.320. The summed E-state index contributed by atoms with van der Waals surface area (Å²) in [5, 5.41) is 13.4. The van der Waals surface area contributed by atoms with Crippen LogP contribution < -0.4 is 14.8 Å². The van der Waals surface area contributed by atoms with Crippen molar-refractivity contribution in [1.82, 2.24) is 10.3 Å². The Morgan fingerprint density at radius 3 is 2.96 bits per heavy atom. The molecule has 7 heteroatoms. The van der Waals surface area contributed by atoms with Crippen LogP contribution in [0, 0.1) is 0 Å². The number of carbonyl (C=O) groups excluding carboxylic acids is 1. The first-order chi connectivity index (χ1) is 11.1. The normalized spacial score (nSPS) is 17.1. The number of rotatable bonds is 5. The first kappa shape index (κ1) is 15.1. The molecule has 2 N–H and O–H groups in total. The standard InChI is InChI=1S/C16H16N2O5/c1-22-13-7-11-9(6-12(13)16(20)21)4-5-17-15(11)23-8-10-2-3-14(19)18-10/h4-7,10H,2-3,8H2,1H3,(H,18,19)(H,20,21). The summed E-state index contributed by atoms with van der Waals surface area (Å²) in [6.07, 6.45) is 2.80. The molecule has 0 aliphatic carbocycles. The maximum Gasteiger partial charge on any atom is 0.339 e. The number of benzene rings is 1. The number of carboxylic acid groups (broad SMARTS) is 1. The van der Waals surface area contributed by atoms with Crippen LogP contribution in [0.2, 0.25) is 0 Å². The molecule has 3 rings (SSSR count). The van der Waals surface area contributed by atoms with Crippen LogP contribution in [-0.4, -0.2) is 41.7 Å². The van der Waals surface area contributed by atoms with Gasteiger partial charge in [0.1, 0.15) is 17.9 Å². The average molecular weight is 316 g/mol. The zero-order chi connectivity index (χ0) is 16.4. The minimum absolute atomic E-state index is 0.0252. The highest BCUT2D eigenvalue weighted by atomic mass is 16.5. The minimum Gasteiger partial charge on any atom is -0.496 e. The number of carboxylic acids is 1. The Hall–Kier alpha value is -2.83. The van der Waals surface area contributed by atoms with Gasteiger partial charge in [-0.1, -0.05) is 0 Å². The van der Waals surface area contributed by atoms with E-state index in [9.17, 15) is 14.7 Å². The molecule has 1 unspecified atom stereocenters. The lowest BCUT2D eigenvalue weighted by molar-refractivity contribution is -0.119. The lowest BCUT2D eigenvalue weighted by Gasteiger charge is -2.14. The highest BCUT2D eigenvalue weighted by Gasteiger charge is 2.22. The quantitative estimate of drug-likeness (QED) is 0.869. The Morgan fingerprint density at radius 1 is 1.48 bits per heavy atom. The molecular formula is C16H16N2O5. The number of carbonyl (C=O) groups is 2. The van der Waals surface area contributed by atoms with Crippen LogP contribution in [0.25, 0.3) is 10.8 Å². The fourth-order valence-corrected chi connectivity index (χ4v) is 2.61. The van der Waals surface area contributed by atoms with E-state index in [4.69, 9.17) is 9.47 Å². The number of ether oxygens (including phenoxy) is 2.